The molecule has 0 aliphatic carbocycles. The maximum atomic E-state index is 12.5. The summed E-state index contributed by atoms with van der Waals surface area (Å²) in [4.78, 5) is 36.9. The number of benzene rings is 2. The van der Waals surface area contributed by atoms with Gasteiger partial charge in [0.05, 0.1) is 10.5 Å². The summed E-state index contributed by atoms with van der Waals surface area (Å²) in [6.45, 7) is 6.22. The number of nitrogens with one attached hydrogen (secondary N) is 2. The van der Waals surface area contributed by atoms with E-state index in [1.807, 2.05) is 12.1 Å². The Balaban J connectivity index is 2.14. The molecular weight excluding hydrogens is 360 g/mol. The van der Waals surface area contributed by atoms with Crippen molar-refractivity contribution in [3.05, 3.63) is 69.3 Å². The van der Waals surface area contributed by atoms with Gasteiger partial charge < -0.3 is 4.90 Å². The lowest BCUT2D eigenvalue weighted by molar-refractivity contribution is -0.384. The minimum atomic E-state index is -0.646. The second-order valence-electron chi connectivity index (χ2n) is 7.59. The quantitative estimate of drug-likeness (QED) is 0.623. The molecule has 0 atom stereocenters. The smallest absolute Gasteiger partial charge is 0.272 e. The van der Waals surface area contributed by atoms with Crippen molar-refractivity contribution >= 4 is 23.2 Å². The lowest BCUT2D eigenvalue weighted by Gasteiger charge is -2.19. The summed E-state index contributed by atoms with van der Waals surface area (Å²) in [5.74, 6) is -1.13. The average Bonchev–Trinajstić information content (AvgIpc) is 2.64. The lowest BCUT2D eigenvalue weighted by atomic mass is 9.87. The topological polar surface area (TPSA) is 105 Å². The van der Waals surface area contributed by atoms with Crippen molar-refractivity contribution in [2.24, 2.45) is 0 Å². The van der Waals surface area contributed by atoms with E-state index in [0.29, 0.717) is 11.3 Å². The van der Waals surface area contributed by atoms with Crippen LogP contribution in [0.25, 0.3) is 0 Å². The van der Waals surface area contributed by atoms with Crippen LogP contribution in [-0.2, 0) is 5.41 Å². The number of carbonyl (C=O) groups excluding carboxylic acids is 2. The van der Waals surface area contributed by atoms with Crippen LogP contribution in [0.2, 0.25) is 0 Å². The molecule has 0 aromatic heterocycles. The van der Waals surface area contributed by atoms with Crippen molar-refractivity contribution in [1.82, 2.24) is 10.9 Å². The number of carbonyl (C=O) groups is 2. The molecule has 2 rings (SSSR count). The summed E-state index contributed by atoms with van der Waals surface area (Å²) < 4.78 is 0. The Morgan fingerprint density at radius 3 is 2.04 bits per heavy atom. The zero-order valence-electron chi connectivity index (χ0n) is 16.6. The minimum Gasteiger partial charge on any atom is -0.377 e. The van der Waals surface area contributed by atoms with Gasteiger partial charge in [-0.15, -0.1) is 0 Å². The fraction of sp³-hybridized carbons (Fsp3) is 0.300. The third-order valence-corrected chi connectivity index (χ3v) is 4.22. The normalized spacial score (nSPS) is 10.9. The highest BCUT2D eigenvalue weighted by atomic mass is 16.6. The molecule has 8 nitrogen and oxygen atoms in total. The molecule has 0 unspecified atom stereocenters. The Bertz CT molecular complexity index is 899. The molecule has 0 saturated heterocycles. The molecule has 0 fully saturated rings. The Morgan fingerprint density at radius 2 is 1.54 bits per heavy atom. The first-order valence-corrected chi connectivity index (χ1v) is 8.67. The van der Waals surface area contributed by atoms with Crippen LogP contribution in [0, 0.1) is 10.1 Å². The number of nitro benzene ring substituents is 1. The van der Waals surface area contributed by atoms with Gasteiger partial charge in [0, 0.05) is 37.5 Å². The van der Waals surface area contributed by atoms with Crippen molar-refractivity contribution in [3.8, 4) is 0 Å². The van der Waals surface area contributed by atoms with Crippen LogP contribution in [0.5, 0.6) is 0 Å². The molecule has 0 heterocycles. The van der Waals surface area contributed by atoms with Gasteiger partial charge in [-0.25, -0.2) is 0 Å². The zero-order valence-corrected chi connectivity index (χ0v) is 16.6. The summed E-state index contributed by atoms with van der Waals surface area (Å²) in [5.41, 5.74) is 6.47. The second-order valence-corrected chi connectivity index (χ2v) is 7.59. The monoisotopic (exact) mass is 384 g/mol. The third kappa shape index (κ3) is 4.85. The van der Waals surface area contributed by atoms with Crippen LogP contribution in [0.4, 0.5) is 11.4 Å². The van der Waals surface area contributed by atoms with Crippen molar-refractivity contribution < 1.29 is 14.5 Å². The molecule has 0 radical (unpaired) electrons. The molecule has 28 heavy (non-hydrogen) atoms. The van der Waals surface area contributed by atoms with Crippen LogP contribution in [0.15, 0.2) is 42.5 Å². The Morgan fingerprint density at radius 1 is 0.964 bits per heavy atom. The highest BCUT2D eigenvalue weighted by Gasteiger charge is 2.19. The molecule has 0 aliphatic rings. The van der Waals surface area contributed by atoms with Gasteiger partial charge >= 0.3 is 0 Å². The second kappa shape index (κ2) is 8.08. The Hall–Kier alpha value is -3.42. The number of nitro groups is 1. The van der Waals surface area contributed by atoms with Gasteiger partial charge in [0.2, 0.25) is 0 Å². The highest BCUT2D eigenvalue weighted by Crippen LogP contribution is 2.24. The largest absolute Gasteiger partial charge is 0.377 e. The Kier molecular flexibility index (Phi) is 6.03. The number of anilines is 1. The van der Waals surface area contributed by atoms with Crippen molar-refractivity contribution in [2.45, 2.75) is 26.2 Å². The minimum absolute atomic E-state index is 0.0339. The predicted molar refractivity (Wildman–Crippen MR) is 107 cm³/mol. The average molecular weight is 384 g/mol. The molecule has 0 saturated carbocycles. The van der Waals surface area contributed by atoms with E-state index in [1.54, 1.807) is 31.1 Å². The summed E-state index contributed by atoms with van der Waals surface area (Å²) in [6, 6.07) is 11.1. The maximum absolute atomic E-state index is 12.5. The molecule has 2 N–H and O–H groups in total. The molecular formula is C20H24N4O4. The molecule has 8 heteroatoms. The number of hydrogen-bond acceptors (Lipinski definition) is 5. The molecule has 2 aromatic carbocycles. The number of non-ortho nitro benzene ring substituents is 1. The van der Waals surface area contributed by atoms with E-state index in [-0.39, 0.29) is 16.7 Å². The predicted octanol–water partition coefficient (Wildman–Crippen LogP) is 3.03. The summed E-state index contributed by atoms with van der Waals surface area (Å²) in [6.07, 6.45) is 0. The van der Waals surface area contributed by atoms with Gasteiger partial charge in [-0.05, 0) is 29.2 Å². The number of hydrogen-bond donors (Lipinski definition) is 2. The first-order valence-electron chi connectivity index (χ1n) is 8.67. The molecule has 148 valence electrons. The van der Waals surface area contributed by atoms with Crippen LogP contribution >= 0.6 is 0 Å². The van der Waals surface area contributed by atoms with E-state index < -0.39 is 16.7 Å². The molecule has 2 amide bonds. The van der Waals surface area contributed by atoms with Gasteiger partial charge in [-0.2, -0.15) is 0 Å². The van der Waals surface area contributed by atoms with Crippen LogP contribution in [0.1, 0.15) is 47.1 Å². The number of amides is 2. The fourth-order valence-electron chi connectivity index (χ4n) is 2.58. The van der Waals surface area contributed by atoms with E-state index in [4.69, 9.17) is 0 Å². The highest BCUT2D eigenvalue weighted by molar-refractivity contribution is 6.02. The van der Waals surface area contributed by atoms with E-state index in [0.717, 1.165) is 5.56 Å². The van der Waals surface area contributed by atoms with E-state index in [1.165, 1.54) is 18.2 Å². The number of hydrazine groups is 1. The standard InChI is InChI=1S/C20H24N4O4/c1-20(2,3)14-8-6-13(7-9-14)18(25)21-22-19(26)16-12-15(24(27)28)10-11-17(16)23(4)5/h6-12H,1-5H3,(H,21,25)(H,22,26). The SMILES string of the molecule is CN(C)c1ccc([N+](=O)[O-])cc1C(=O)NNC(=O)c1ccc(C(C)(C)C)cc1. The van der Waals surface area contributed by atoms with Crippen LogP contribution < -0.4 is 15.8 Å². The van der Waals surface area contributed by atoms with E-state index in [9.17, 15) is 19.7 Å². The molecule has 0 spiro atoms. The van der Waals surface area contributed by atoms with E-state index in [2.05, 4.69) is 31.6 Å². The molecule has 2 aromatic rings. The van der Waals surface area contributed by atoms with Gasteiger partial charge in [-0.1, -0.05) is 32.9 Å². The lowest BCUT2D eigenvalue weighted by Crippen LogP contribution is -2.42. The van der Waals surface area contributed by atoms with Gasteiger partial charge in [-0.3, -0.25) is 30.6 Å². The first-order chi connectivity index (χ1) is 13.0. The number of rotatable bonds is 4. The van der Waals surface area contributed by atoms with Crippen molar-refractivity contribution in [2.75, 3.05) is 19.0 Å². The Labute approximate surface area is 163 Å². The summed E-state index contributed by atoms with van der Waals surface area (Å²) in [7, 11) is 3.43. The van der Waals surface area contributed by atoms with Gasteiger partial charge in [0.15, 0.2) is 0 Å². The van der Waals surface area contributed by atoms with Crippen LogP contribution in [-0.4, -0.2) is 30.8 Å². The van der Waals surface area contributed by atoms with Gasteiger partial charge in [0.1, 0.15) is 0 Å². The number of nitrogens with zero attached hydrogens (tertiary/aromatic N) is 2. The van der Waals surface area contributed by atoms with Crippen LogP contribution in [0.3, 0.4) is 0 Å². The van der Waals surface area contributed by atoms with Crippen molar-refractivity contribution in [3.63, 3.8) is 0 Å². The fourth-order valence-corrected chi connectivity index (χ4v) is 2.58. The summed E-state index contributed by atoms with van der Waals surface area (Å²) >= 11 is 0. The third-order valence-electron chi connectivity index (χ3n) is 4.22. The summed E-state index contributed by atoms with van der Waals surface area (Å²) in [5, 5.41) is 11.0. The van der Waals surface area contributed by atoms with Gasteiger partial charge in [0.25, 0.3) is 17.5 Å². The molecule has 0 bridgehead atoms. The molecule has 0 aliphatic heterocycles. The van der Waals surface area contributed by atoms with E-state index >= 15 is 0 Å². The zero-order chi connectivity index (χ0) is 21.1. The van der Waals surface area contributed by atoms with Crippen molar-refractivity contribution in [1.29, 1.82) is 0 Å². The maximum Gasteiger partial charge on any atom is 0.272 e. The first kappa shape index (κ1) is 20.9.